The first-order chi connectivity index (χ1) is 8.18. The third-order valence-corrected chi connectivity index (χ3v) is 3.02. The van der Waals surface area contributed by atoms with Crippen LogP contribution in [-0.4, -0.2) is 21.5 Å². The van der Waals surface area contributed by atoms with Gasteiger partial charge in [-0.1, -0.05) is 0 Å². The molecule has 0 N–H and O–H groups in total. The number of halogens is 1. The molecule has 4 nitrogen and oxygen atoms in total. The Labute approximate surface area is 105 Å². The topological polar surface area (TPSA) is 59.9 Å². The van der Waals surface area contributed by atoms with Gasteiger partial charge in [-0.25, -0.2) is 0 Å². The molecule has 5 heteroatoms. The van der Waals surface area contributed by atoms with E-state index in [-0.39, 0.29) is 0 Å². The highest BCUT2D eigenvalue weighted by Gasteiger charge is 2.32. The Balaban J connectivity index is 2.40. The van der Waals surface area contributed by atoms with E-state index in [0.29, 0.717) is 27.0 Å². The summed E-state index contributed by atoms with van der Waals surface area (Å²) in [6, 6.07) is 4.82. The predicted octanol–water partition coefficient (Wildman–Crippen LogP) is 2.29. The first-order valence-corrected chi connectivity index (χ1v) is 5.68. The zero-order valence-corrected chi connectivity index (χ0v) is 10.1. The van der Waals surface area contributed by atoms with E-state index in [2.05, 4.69) is 25.9 Å². The summed E-state index contributed by atoms with van der Waals surface area (Å²) in [6.07, 6.45) is 3.16. The Hall–Kier alpha value is -1.88. The van der Waals surface area contributed by atoms with E-state index in [1.807, 2.05) is 0 Å². The maximum atomic E-state index is 11.9. The van der Waals surface area contributed by atoms with Crippen molar-refractivity contribution in [2.45, 2.75) is 0 Å². The fourth-order valence-corrected chi connectivity index (χ4v) is 2.15. The van der Waals surface area contributed by atoms with Gasteiger partial charge in [0.2, 0.25) is 11.6 Å². The van der Waals surface area contributed by atoms with Gasteiger partial charge in [-0.3, -0.25) is 19.6 Å². The normalized spacial score (nSPS) is 13.2. The predicted molar refractivity (Wildman–Crippen MR) is 63.8 cm³/mol. The SMILES string of the molecule is O=C1C(=O)c2cc(Br)cnc2-c2ncccc21. The van der Waals surface area contributed by atoms with Crippen molar-refractivity contribution in [2.24, 2.45) is 0 Å². The van der Waals surface area contributed by atoms with Crippen LogP contribution in [0, 0.1) is 0 Å². The monoisotopic (exact) mass is 288 g/mol. The van der Waals surface area contributed by atoms with Crippen molar-refractivity contribution >= 4 is 27.5 Å². The van der Waals surface area contributed by atoms with E-state index in [0.717, 1.165) is 0 Å². The number of carbonyl (C=O) groups is 2. The summed E-state index contributed by atoms with van der Waals surface area (Å²) < 4.78 is 0.664. The molecule has 2 aromatic heterocycles. The minimum atomic E-state index is -0.533. The Bertz CT molecular complexity index is 667. The molecule has 0 spiro atoms. The molecule has 2 heterocycles. The standard InChI is InChI=1S/C12H5BrN2O2/c13-6-4-8-10(15-5-6)9-7(2-1-3-14-9)11(16)12(8)17/h1-5H. The number of hydrogen-bond donors (Lipinski definition) is 0. The average molecular weight is 289 g/mol. The van der Waals surface area contributed by atoms with E-state index in [1.54, 1.807) is 30.6 Å². The largest absolute Gasteiger partial charge is 0.285 e. The summed E-state index contributed by atoms with van der Waals surface area (Å²) >= 11 is 3.23. The average Bonchev–Trinajstić information content (AvgIpc) is 2.36. The van der Waals surface area contributed by atoms with Gasteiger partial charge in [-0.05, 0) is 34.1 Å². The minimum Gasteiger partial charge on any atom is -0.285 e. The van der Waals surface area contributed by atoms with Crippen molar-refractivity contribution < 1.29 is 9.59 Å². The fraction of sp³-hybridized carbons (Fsp3) is 0. The molecule has 0 aliphatic heterocycles. The highest BCUT2D eigenvalue weighted by atomic mass is 79.9. The van der Waals surface area contributed by atoms with Crippen LogP contribution in [0.2, 0.25) is 0 Å². The van der Waals surface area contributed by atoms with Crippen molar-refractivity contribution in [3.8, 4) is 11.4 Å². The van der Waals surface area contributed by atoms with Crippen LogP contribution in [0.5, 0.6) is 0 Å². The lowest BCUT2D eigenvalue weighted by atomic mass is 9.91. The molecular weight excluding hydrogens is 284 g/mol. The quantitative estimate of drug-likeness (QED) is 0.698. The highest BCUT2D eigenvalue weighted by molar-refractivity contribution is 9.10. The summed E-state index contributed by atoms with van der Waals surface area (Å²) in [5, 5.41) is 0. The Kier molecular flexibility index (Phi) is 2.16. The van der Waals surface area contributed by atoms with Crippen LogP contribution >= 0.6 is 15.9 Å². The second-order valence-electron chi connectivity index (χ2n) is 3.61. The van der Waals surface area contributed by atoms with Gasteiger partial charge in [0.1, 0.15) is 11.4 Å². The van der Waals surface area contributed by atoms with Gasteiger partial charge in [-0.15, -0.1) is 0 Å². The number of carbonyl (C=O) groups excluding carboxylic acids is 2. The van der Waals surface area contributed by atoms with Crippen molar-refractivity contribution in [2.75, 3.05) is 0 Å². The van der Waals surface area contributed by atoms with E-state index in [9.17, 15) is 9.59 Å². The minimum absolute atomic E-state index is 0.301. The maximum absolute atomic E-state index is 11.9. The summed E-state index contributed by atoms with van der Waals surface area (Å²) in [4.78, 5) is 32.0. The zero-order valence-electron chi connectivity index (χ0n) is 8.48. The number of aromatic nitrogens is 2. The van der Waals surface area contributed by atoms with Crippen LogP contribution in [0.25, 0.3) is 11.4 Å². The van der Waals surface area contributed by atoms with E-state index >= 15 is 0 Å². The zero-order chi connectivity index (χ0) is 12.0. The van der Waals surface area contributed by atoms with Gasteiger partial charge < -0.3 is 0 Å². The summed E-state index contributed by atoms with van der Waals surface area (Å²) in [5.74, 6) is -1.06. The van der Waals surface area contributed by atoms with Crippen molar-refractivity contribution in [3.63, 3.8) is 0 Å². The summed E-state index contributed by atoms with van der Waals surface area (Å²) in [7, 11) is 0. The molecule has 0 atom stereocenters. The van der Waals surface area contributed by atoms with Gasteiger partial charge in [-0.2, -0.15) is 0 Å². The van der Waals surface area contributed by atoms with Gasteiger partial charge >= 0.3 is 0 Å². The molecule has 3 rings (SSSR count). The molecule has 0 bridgehead atoms. The molecular formula is C12H5BrN2O2. The number of pyridine rings is 2. The molecule has 0 fully saturated rings. The molecule has 82 valence electrons. The third-order valence-electron chi connectivity index (χ3n) is 2.58. The first kappa shape index (κ1) is 10.3. The summed E-state index contributed by atoms with van der Waals surface area (Å²) in [6.45, 7) is 0. The second kappa shape index (κ2) is 3.56. The third kappa shape index (κ3) is 1.43. The molecule has 0 radical (unpaired) electrons. The van der Waals surface area contributed by atoms with Crippen molar-refractivity contribution in [1.29, 1.82) is 0 Å². The molecule has 1 aliphatic rings. The smallest absolute Gasteiger partial charge is 0.235 e. The summed E-state index contributed by atoms with van der Waals surface area (Å²) in [5.41, 5.74) is 1.56. The number of Topliss-reactive ketones (excluding diaryl/α,β-unsaturated/α-hetero) is 2. The Morgan fingerprint density at radius 3 is 2.53 bits per heavy atom. The lowest BCUT2D eigenvalue weighted by Gasteiger charge is -2.15. The van der Waals surface area contributed by atoms with Crippen LogP contribution in [0.3, 0.4) is 0 Å². The highest BCUT2D eigenvalue weighted by Crippen LogP contribution is 2.31. The van der Waals surface area contributed by atoms with Crippen LogP contribution in [0.4, 0.5) is 0 Å². The molecule has 0 unspecified atom stereocenters. The lowest BCUT2D eigenvalue weighted by molar-refractivity contribution is 0.0814. The molecule has 0 saturated carbocycles. The van der Waals surface area contributed by atoms with Crippen molar-refractivity contribution in [3.05, 3.63) is 46.2 Å². The number of ketones is 2. The number of hydrogen-bond acceptors (Lipinski definition) is 4. The number of rotatable bonds is 0. The Morgan fingerprint density at radius 1 is 1.00 bits per heavy atom. The van der Waals surface area contributed by atoms with Gasteiger partial charge in [0.25, 0.3) is 0 Å². The molecule has 1 aliphatic carbocycles. The molecule has 0 aromatic carbocycles. The lowest BCUT2D eigenvalue weighted by Crippen LogP contribution is -2.22. The number of fused-ring (bicyclic) bond motifs is 3. The second-order valence-corrected chi connectivity index (χ2v) is 4.52. The molecule has 17 heavy (non-hydrogen) atoms. The van der Waals surface area contributed by atoms with Crippen LogP contribution in [0.1, 0.15) is 20.7 Å². The van der Waals surface area contributed by atoms with Crippen LogP contribution in [-0.2, 0) is 0 Å². The fourth-order valence-electron chi connectivity index (χ4n) is 1.82. The van der Waals surface area contributed by atoms with Crippen molar-refractivity contribution in [1.82, 2.24) is 9.97 Å². The number of nitrogens with zero attached hydrogens (tertiary/aromatic N) is 2. The Morgan fingerprint density at radius 2 is 1.71 bits per heavy atom. The van der Waals surface area contributed by atoms with E-state index in [1.165, 1.54) is 0 Å². The first-order valence-electron chi connectivity index (χ1n) is 4.88. The van der Waals surface area contributed by atoms with Gasteiger partial charge in [0.05, 0.1) is 11.1 Å². The maximum Gasteiger partial charge on any atom is 0.235 e. The van der Waals surface area contributed by atoms with Crippen LogP contribution in [0.15, 0.2) is 35.1 Å². The molecule has 0 amide bonds. The van der Waals surface area contributed by atoms with E-state index in [4.69, 9.17) is 0 Å². The van der Waals surface area contributed by atoms with Crippen LogP contribution < -0.4 is 0 Å². The van der Waals surface area contributed by atoms with Gasteiger partial charge in [0, 0.05) is 16.9 Å². The van der Waals surface area contributed by atoms with Gasteiger partial charge in [0.15, 0.2) is 0 Å². The van der Waals surface area contributed by atoms with E-state index < -0.39 is 11.6 Å². The molecule has 2 aromatic rings. The molecule has 0 saturated heterocycles.